The van der Waals surface area contributed by atoms with Gasteiger partial charge < -0.3 is 19.3 Å². The third kappa shape index (κ3) is 8.44. The van der Waals surface area contributed by atoms with Crippen molar-refractivity contribution in [1.82, 2.24) is 9.47 Å². The molecule has 0 aliphatic carbocycles. The van der Waals surface area contributed by atoms with E-state index in [4.69, 9.17) is 4.74 Å². The minimum Gasteiger partial charge on any atom is -0.497 e. The fourth-order valence-electron chi connectivity index (χ4n) is 6.00. The molecule has 1 N–H and O–H groups in total. The molecule has 238 valence electrons. The van der Waals surface area contributed by atoms with Gasteiger partial charge in [0.1, 0.15) is 11.6 Å². The highest BCUT2D eigenvalue weighted by molar-refractivity contribution is 5.84. The van der Waals surface area contributed by atoms with E-state index in [9.17, 15) is 19.5 Å². The van der Waals surface area contributed by atoms with E-state index in [-0.39, 0.29) is 29.2 Å². The molecule has 0 aliphatic heterocycles. The number of ketones is 1. The van der Waals surface area contributed by atoms with Crippen molar-refractivity contribution >= 4 is 11.8 Å². The lowest BCUT2D eigenvalue weighted by molar-refractivity contribution is -0.137. The number of hydrogen-bond acceptors (Lipinski definition) is 5. The maximum absolute atomic E-state index is 15.8. The van der Waals surface area contributed by atoms with Gasteiger partial charge in [0.05, 0.1) is 19.6 Å². The van der Waals surface area contributed by atoms with Crippen LogP contribution in [0, 0.1) is 39.4 Å². The SMILES string of the molecule is COc1cc(C)c(-c2cc(C)c(F)c([C@H](CC(=O)O)CC(=O)C(CC(C)C)n3cc(CCN(C)C)c(C)cc3=O)c2)c(C)c1. The maximum Gasteiger partial charge on any atom is 0.303 e. The summed E-state index contributed by atoms with van der Waals surface area (Å²) in [5, 5.41) is 9.86. The van der Waals surface area contributed by atoms with Crippen molar-refractivity contribution in [3.8, 4) is 16.9 Å². The van der Waals surface area contributed by atoms with Crippen molar-refractivity contribution < 1.29 is 23.8 Å². The van der Waals surface area contributed by atoms with Crippen molar-refractivity contribution in [2.75, 3.05) is 27.7 Å². The minimum atomic E-state index is -1.12. The van der Waals surface area contributed by atoms with E-state index < -0.39 is 30.2 Å². The Morgan fingerprint density at radius 2 is 1.59 bits per heavy atom. The topological polar surface area (TPSA) is 88.8 Å². The molecule has 3 rings (SSSR count). The first-order valence-corrected chi connectivity index (χ1v) is 15.2. The molecule has 0 saturated heterocycles. The minimum absolute atomic E-state index is 0.0867. The molecule has 3 aromatic rings. The number of halogens is 1. The first kappa shape index (κ1) is 34.7. The predicted molar refractivity (Wildman–Crippen MR) is 173 cm³/mol. The molecule has 44 heavy (non-hydrogen) atoms. The van der Waals surface area contributed by atoms with Gasteiger partial charge in [0.25, 0.3) is 5.56 Å². The number of carbonyl (C=O) groups excluding carboxylic acids is 1. The van der Waals surface area contributed by atoms with Gasteiger partial charge >= 0.3 is 5.97 Å². The highest BCUT2D eigenvalue weighted by atomic mass is 19.1. The zero-order valence-corrected chi connectivity index (χ0v) is 27.6. The summed E-state index contributed by atoms with van der Waals surface area (Å²) < 4.78 is 22.7. The summed E-state index contributed by atoms with van der Waals surface area (Å²) >= 11 is 0. The van der Waals surface area contributed by atoms with Crippen LogP contribution in [0.1, 0.15) is 78.5 Å². The van der Waals surface area contributed by atoms with Gasteiger partial charge in [0, 0.05) is 31.1 Å². The smallest absolute Gasteiger partial charge is 0.303 e. The van der Waals surface area contributed by atoms with E-state index in [1.54, 1.807) is 38.4 Å². The third-order valence-corrected chi connectivity index (χ3v) is 8.25. The summed E-state index contributed by atoms with van der Waals surface area (Å²) in [6.45, 7) is 12.2. The van der Waals surface area contributed by atoms with Crippen molar-refractivity contribution in [2.24, 2.45) is 5.92 Å². The standard InChI is InChI=1S/C36H47FN2O5/c1-21(2)12-31(39-20-26(10-11-38(7)8)22(3)16-33(39)41)32(40)18-27(19-34(42)43)30-17-28(13-25(6)36(30)37)35-23(4)14-29(44-9)15-24(35)5/h13-17,20-21,27,31H,10-12,18-19H2,1-9H3,(H,42,43)/t27-,31?/m0/s1. The lowest BCUT2D eigenvalue weighted by Crippen LogP contribution is -2.32. The van der Waals surface area contributed by atoms with Gasteiger partial charge in [-0.15, -0.1) is 0 Å². The summed E-state index contributed by atoms with van der Waals surface area (Å²) in [7, 11) is 5.56. The number of hydrogen-bond donors (Lipinski definition) is 1. The monoisotopic (exact) mass is 606 g/mol. The van der Waals surface area contributed by atoms with Crippen molar-refractivity contribution in [2.45, 2.75) is 79.2 Å². The number of pyridine rings is 1. The quantitative estimate of drug-likeness (QED) is 0.217. The zero-order valence-electron chi connectivity index (χ0n) is 27.6. The van der Waals surface area contributed by atoms with Crippen LogP contribution in [-0.4, -0.2) is 54.1 Å². The van der Waals surface area contributed by atoms with Crippen LogP contribution < -0.4 is 10.3 Å². The molecule has 7 nitrogen and oxygen atoms in total. The third-order valence-electron chi connectivity index (χ3n) is 8.25. The van der Waals surface area contributed by atoms with Gasteiger partial charge in [-0.05, 0) is 129 Å². The number of nitrogens with zero attached hydrogens (tertiary/aromatic N) is 2. The Kier molecular flexibility index (Phi) is 11.7. The number of methoxy groups -OCH3 is 1. The van der Waals surface area contributed by atoms with Gasteiger partial charge in [-0.3, -0.25) is 14.4 Å². The molecule has 0 bridgehead atoms. The molecule has 1 heterocycles. The summed E-state index contributed by atoms with van der Waals surface area (Å²) in [4.78, 5) is 41.5. The second-order valence-corrected chi connectivity index (χ2v) is 12.7. The van der Waals surface area contributed by atoms with E-state index in [1.807, 2.05) is 60.8 Å². The van der Waals surface area contributed by atoms with Crippen LogP contribution in [0.5, 0.6) is 5.75 Å². The lowest BCUT2D eigenvalue weighted by Gasteiger charge is -2.25. The average molecular weight is 607 g/mol. The number of aliphatic carboxylic acids is 1. The molecule has 1 unspecified atom stereocenters. The number of aromatic nitrogens is 1. The van der Waals surface area contributed by atoms with Crippen LogP contribution in [0.25, 0.3) is 11.1 Å². The molecule has 0 spiro atoms. The molecule has 2 aromatic carbocycles. The van der Waals surface area contributed by atoms with Gasteiger partial charge in [-0.2, -0.15) is 0 Å². The number of carboxylic acids is 1. The van der Waals surface area contributed by atoms with E-state index in [1.165, 1.54) is 4.57 Å². The Labute approximate surface area is 260 Å². The highest BCUT2D eigenvalue weighted by Gasteiger charge is 2.30. The fraction of sp³-hybridized carbons (Fsp3) is 0.472. The molecule has 0 aliphatic rings. The molecule has 0 fully saturated rings. The molecular weight excluding hydrogens is 559 g/mol. The highest BCUT2D eigenvalue weighted by Crippen LogP contribution is 2.37. The number of carbonyl (C=O) groups is 2. The molecule has 0 amide bonds. The molecule has 8 heteroatoms. The summed E-state index contributed by atoms with van der Waals surface area (Å²) in [5.41, 5.74) is 5.65. The van der Waals surface area contributed by atoms with Crippen LogP contribution in [0.2, 0.25) is 0 Å². The van der Waals surface area contributed by atoms with E-state index in [0.717, 1.165) is 39.9 Å². The first-order valence-electron chi connectivity index (χ1n) is 15.2. The van der Waals surface area contributed by atoms with Crippen LogP contribution in [0.4, 0.5) is 4.39 Å². The molecule has 2 atom stereocenters. The molecule has 0 radical (unpaired) electrons. The summed E-state index contributed by atoms with van der Waals surface area (Å²) in [5.74, 6) is -2.04. The number of benzene rings is 2. The van der Waals surface area contributed by atoms with Crippen LogP contribution >= 0.6 is 0 Å². The van der Waals surface area contributed by atoms with Gasteiger partial charge in [0.2, 0.25) is 0 Å². The molecule has 1 aromatic heterocycles. The Hall–Kier alpha value is -3.78. The second kappa shape index (κ2) is 14.8. The predicted octanol–water partition coefficient (Wildman–Crippen LogP) is 6.81. The lowest BCUT2D eigenvalue weighted by atomic mass is 9.84. The summed E-state index contributed by atoms with van der Waals surface area (Å²) in [6.07, 6.45) is 2.26. The van der Waals surface area contributed by atoms with Crippen LogP contribution in [-0.2, 0) is 16.0 Å². The number of ether oxygens (including phenoxy) is 1. The fourth-order valence-corrected chi connectivity index (χ4v) is 6.00. The van der Waals surface area contributed by atoms with Crippen molar-refractivity contribution in [3.63, 3.8) is 0 Å². The number of rotatable bonds is 14. The number of Topliss-reactive ketones (excluding diaryl/α,β-unsaturated/α-hetero) is 1. The maximum atomic E-state index is 15.8. The normalized spacial score (nSPS) is 12.9. The van der Waals surface area contributed by atoms with Gasteiger partial charge in [0.15, 0.2) is 5.78 Å². The zero-order chi connectivity index (χ0) is 32.9. The Balaban J connectivity index is 2.10. The van der Waals surface area contributed by atoms with Crippen LogP contribution in [0.15, 0.2) is 41.3 Å². The largest absolute Gasteiger partial charge is 0.497 e. The van der Waals surface area contributed by atoms with Gasteiger partial charge in [-0.1, -0.05) is 13.8 Å². The molecule has 0 saturated carbocycles. The Bertz CT molecular complexity index is 1550. The number of likely N-dealkylation sites (N-methyl/N-ethyl adjacent to an activating group) is 1. The van der Waals surface area contributed by atoms with Gasteiger partial charge in [-0.25, -0.2) is 4.39 Å². The first-order chi connectivity index (χ1) is 20.6. The average Bonchev–Trinajstić information content (AvgIpc) is 2.92. The Morgan fingerprint density at radius 1 is 0.955 bits per heavy atom. The second-order valence-electron chi connectivity index (χ2n) is 12.7. The van der Waals surface area contributed by atoms with Crippen molar-refractivity contribution in [1.29, 1.82) is 0 Å². The number of aryl methyl sites for hydroxylation is 4. The van der Waals surface area contributed by atoms with E-state index >= 15 is 4.39 Å². The summed E-state index contributed by atoms with van der Waals surface area (Å²) in [6, 6.07) is 8.01. The van der Waals surface area contributed by atoms with E-state index in [0.29, 0.717) is 24.2 Å². The number of carboxylic acid groups (broad SMARTS) is 1. The van der Waals surface area contributed by atoms with Crippen LogP contribution in [0.3, 0.4) is 0 Å². The Morgan fingerprint density at radius 3 is 2.14 bits per heavy atom. The van der Waals surface area contributed by atoms with Crippen molar-refractivity contribution in [3.05, 3.63) is 86.1 Å². The molecular formula is C36H47FN2O5. The van der Waals surface area contributed by atoms with E-state index in [2.05, 4.69) is 4.90 Å².